The number of carbonyl (C=O) groups excluding carboxylic acids is 1. The summed E-state index contributed by atoms with van der Waals surface area (Å²) in [5, 5.41) is 3.28. The number of piperidine rings is 1. The van der Waals surface area contributed by atoms with E-state index in [1.165, 1.54) is 0 Å². The minimum atomic E-state index is -0.268. The first-order valence-corrected chi connectivity index (χ1v) is 11.9. The molecule has 0 unspecified atom stereocenters. The number of hydrogen-bond donors (Lipinski definition) is 1. The number of aromatic nitrogens is 2. The zero-order valence-corrected chi connectivity index (χ0v) is 18.6. The standard InChI is InChI=1S/C24H35N5O2/c1-2-27-10-7-19-15-21(28-11-13-31-14-12-28)6-8-24(19,18-27)23(30)25-16-20-17-29-9-4-3-5-22(29)26-20/h3-5,9,17,19,21H,2,6-8,10-16,18H2,1H3,(H,25,30)/t19-,21+,24-/m1/s1. The lowest BCUT2D eigenvalue weighted by Crippen LogP contribution is -2.60. The molecule has 3 aliphatic rings. The minimum Gasteiger partial charge on any atom is -0.379 e. The topological polar surface area (TPSA) is 62.1 Å². The number of morpholine rings is 1. The van der Waals surface area contributed by atoms with Crippen LogP contribution in [0, 0.1) is 11.3 Å². The van der Waals surface area contributed by atoms with Crippen molar-refractivity contribution in [1.82, 2.24) is 24.5 Å². The Balaban J connectivity index is 1.30. The molecule has 4 heterocycles. The highest BCUT2D eigenvalue weighted by Crippen LogP contribution is 2.47. The highest BCUT2D eigenvalue weighted by Gasteiger charge is 2.52. The maximum absolute atomic E-state index is 13.7. The van der Waals surface area contributed by atoms with Gasteiger partial charge in [0.25, 0.3) is 0 Å². The minimum absolute atomic E-state index is 0.230. The predicted molar refractivity (Wildman–Crippen MR) is 120 cm³/mol. The van der Waals surface area contributed by atoms with Gasteiger partial charge in [-0.05, 0) is 56.8 Å². The number of fused-ring (bicyclic) bond motifs is 2. The van der Waals surface area contributed by atoms with Crippen molar-refractivity contribution in [2.45, 2.75) is 45.2 Å². The van der Waals surface area contributed by atoms with E-state index in [1.54, 1.807) is 0 Å². The third-order valence-electron chi connectivity index (χ3n) is 7.87. The van der Waals surface area contributed by atoms with Crippen LogP contribution in [0.25, 0.3) is 5.65 Å². The lowest BCUT2D eigenvalue weighted by atomic mass is 9.61. The fourth-order valence-corrected chi connectivity index (χ4v) is 6.05. The molecule has 7 heteroatoms. The number of nitrogens with zero attached hydrogens (tertiary/aromatic N) is 4. The van der Waals surface area contributed by atoms with Crippen molar-refractivity contribution in [3.05, 3.63) is 36.3 Å². The molecule has 1 N–H and O–H groups in total. The van der Waals surface area contributed by atoms with E-state index in [1.807, 2.05) is 35.0 Å². The number of nitrogens with one attached hydrogen (secondary N) is 1. The van der Waals surface area contributed by atoms with E-state index in [-0.39, 0.29) is 11.3 Å². The molecule has 2 aromatic heterocycles. The van der Waals surface area contributed by atoms with Crippen molar-refractivity contribution in [1.29, 1.82) is 0 Å². The van der Waals surface area contributed by atoms with Gasteiger partial charge in [0, 0.05) is 38.1 Å². The number of ether oxygens (including phenoxy) is 1. The molecule has 2 aliphatic heterocycles. The molecule has 5 rings (SSSR count). The molecule has 2 saturated heterocycles. The Kier molecular flexibility index (Phi) is 5.99. The molecule has 31 heavy (non-hydrogen) atoms. The van der Waals surface area contributed by atoms with E-state index in [9.17, 15) is 4.79 Å². The molecular weight excluding hydrogens is 390 g/mol. The number of carbonyl (C=O) groups is 1. The molecule has 2 aromatic rings. The Hall–Kier alpha value is -1.96. The van der Waals surface area contributed by atoms with Gasteiger partial charge in [0.15, 0.2) is 0 Å². The van der Waals surface area contributed by atoms with Crippen molar-refractivity contribution < 1.29 is 9.53 Å². The Labute approximate surface area is 184 Å². The van der Waals surface area contributed by atoms with Gasteiger partial charge >= 0.3 is 0 Å². The second-order valence-electron chi connectivity index (χ2n) is 9.47. The highest BCUT2D eigenvalue weighted by atomic mass is 16.5. The highest BCUT2D eigenvalue weighted by molar-refractivity contribution is 5.83. The predicted octanol–water partition coefficient (Wildman–Crippen LogP) is 2.16. The van der Waals surface area contributed by atoms with Gasteiger partial charge in [-0.1, -0.05) is 13.0 Å². The molecular formula is C24H35N5O2. The largest absolute Gasteiger partial charge is 0.379 e. The summed E-state index contributed by atoms with van der Waals surface area (Å²) >= 11 is 0. The molecule has 1 amide bonds. The van der Waals surface area contributed by atoms with Crippen molar-refractivity contribution in [2.24, 2.45) is 11.3 Å². The Bertz CT molecular complexity index is 875. The Morgan fingerprint density at radius 3 is 2.94 bits per heavy atom. The van der Waals surface area contributed by atoms with Crippen molar-refractivity contribution >= 4 is 11.6 Å². The van der Waals surface area contributed by atoms with Gasteiger partial charge in [0.2, 0.25) is 5.91 Å². The normalized spacial score (nSPS) is 30.2. The van der Waals surface area contributed by atoms with Crippen molar-refractivity contribution in [2.75, 3.05) is 45.9 Å². The van der Waals surface area contributed by atoms with Crippen LogP contribution >= 0.6 is 0 Å². The summed E-state index contributed by atoms with van der Waals surface area (Å²) in [6, 6.07) is 6.58. The van der Waals surface area contributed by atoms with Crippen LogP contribution in [0.1, 0.15) is 38.3 Å². The molecule has 1 saturated carbocycles. The van der Waals surface area contributed by atoms with Crippen LogP contribution in [-0.4, -0.2) is 77.1 Å². The number of imidazole rings is 1. The van der Waals surface area contributed by atoms with Crippen molar-refractivity contribution in [3.8, 4) is 0 Å². The van der Waals surface area contributed by atoms with E-state index in [0.29, 0.717) is 18.5 Å². The number of likely N-dealkylation sites (tertiary alicyclic amines) is 1. The average Bonchev–Trinajstić information content (AvgIpc) is 3.25. The van der Waals surface area contributed by atoms with Gasteiger partial charge in [0.05, 0.1) is 30.9 Å². The summed E-state index contributed by atoms with van der Waals surface area (Å²) in [6.45, 7) is 9.47. The van der Waals surface area contributed by atoms with Gasteiger partial charge in [-0.3, -0.25) is 9.69 Å². The molecule has 0 aromatic carbocycles. The number of pyridine rings is 1. The third-order valence-corrected chi connectivity index (χ3v) is 7.87. The third kappa shape index (κ3) is 4.11. The monoisotopic (exact) mass is 425 g/mol. The molecule has 3 fully saturated rings. The summed E-state index contributed by atoms with van der Waals surface area (Å²) < 4.78 is 7.57. The second kappa shape index (κ2) is 8.88. The summed E-state index contributed by atoms with van der Waals surface area (Å²) in [5.74, 6) is 0.686. The first kappa shape index (κ1) is 20.9. The molecule has 1 aliphatic carbocycles. The van der Waals surface area contributed by atoms with Gasteiger partial charge in [-0.2, -0.15) is 0 Å². The van der Waals surface area contributed by atoms with E-state index in [0.717, 1.165) is 83.0 Å². The van der Waals surface area contributed by atoms with Gasteiger partial charge in [-0.15, -0.1) is 0 Å². The lowest BCUT2D eigenvalue weighted by molar-refractivity contribution is -0.145. The SMILES string of the molecule is CCN1CC[C@@H]2C[C@@H](N3CCOCC3)CC[C@@]2(C(=O)NCc2cn3ccccc3n2)C1. The first-order valence-electron chi connectivity index (χ1n) is 11.9. The fourth-order valence-electron chi connectivity index (χ4n) is 6.05. The van der Waals surface area contributed by atoms with Crippen LogP contribution in [0.5, 0.6) is 0 Å². The molecule has 0 radical (unpaired) electrons. The van der Waals surface area contributed by atoms with Crippen LogP contribution < -0.4 is 5.32 Å². The van der Waals surface area contributed by atoms with Crippen LogP contribution in [0.2, 0.25) is 0 Å². The maximum atomic E-state index is 13.7. The molecule has 0 spiro atoms. The van der Waals surface area contributed by atoms with E-state index < -0.39 is 0 Å². The van der Waals surface area contributed by atoms with E-state index in [2.05, 4.69) is 27.0 Å². The maximum Gasteiger partial charge on any atom is 0.228 e. The smallest absolute Gasteiger partial charge is 0.228 e. The van der Waals surface area contributed by atoms with Crippen LogP contribution in [0.15, 0.2) is 30.6 Å². The molecule has 3 atom stereocenters. The van der Waals surface area contributed by atoms with Crippen LogP contribution in [-0.2, 0) is 16.1 Å². The molecule has 168 valence electrons. The number of rotatable bonds is 5. The molecule has 0 bridgehead atoms. The van der Waals surface area contributed by atoms with Crippen LogP contribution in [0.4, 0.5) is 0 Å². The fraction of sp³-hybridized carbons (Fsp3) is 0.667. The summed E-state index contributed by atoms with van der Waals surface area (Å²) in [4.78, 5) is 23.4. The Morgan fingerprint density at radius 2 is 2.13 bits per heavy atom. The first-order chi connectivity index (χ1) is 15.2. The Morgan fingerprint density at radius 1 is 1.26 bits per heavy atom. The van der Waals surface area contributed by atoms with Gasteiger partial charge in [0.1, 0.15) is 5.65 Å². The average molecular weight is 426 g/mol. The summed E-state index contributed by atoms with van der Waals surface area (Å²) in [6.07, 6.45) is 8.35. The van der Waals surface area contributed by atoms with Crippen molar-refractivity contribution in [3.63, 3.8) is 0 Å². The zero-order valence-electron chi connectivity index (χ0n) is 18.6. The lowest BCUT2D eigenvalue weighted by Gasteiger charge is -2.53. The summed E-state index contributed by atoms with van der Waals surface area (Å²) in [5.41, 5.74) is 1.57. The second-order valence-corrected chi connectivity index (χ2v) is 9.47. The summed E-state index contributed by atoms with van der Waals surface area (Å²) in [7, 11) is 0. The van der Waals surface area contributed by atoms with Gasteiger partial charge < -0.3 is 19.4 Å². The number of hydrogen-bond acceptors (Lipinski definition) is 5. The number of amides is 1. The van der Waals surface area contributed by atoms with Gasteiger partial charge in [-0.25, -0.2) is 4.98 Å². The van der Waals surface area contributed by atoms with E-state index in [4.69, 9.17) is 4.74 Å². The van der Waals surface area contributed by atoms with E-state index >= 15 is 0 Å². The quantitative estimate of drug-likeness (QED) is 0.796. The molecule has 7 nitrogen and oxygen atoms in total. The zero-order chi connectivity index (χ0) is 21.3. The van der Waals surface area contributed by atoms with Crippen LogP contribution in [0.3, 0.4) is 0 Å².